The van der Waals surface area contributed by atoms with Gasteiger partial charge in [-0.2, -0.15) is 10.2 Å². The third-order valence-electron chi connectivity index (χ3n) is 2.93. The monoisotopic (exact) mass is 290 g/mol. The number of oxazole rings is 1. The van der Waals surface area contributed by atoms with Crippen LogP contribution in [0.5, 0.6) is 0 Å². The number of hydrogen-bond acceptors (Lipinski definition) is 5. The number of carbonyl (C=O) groups excluding carboxylic acids is 1. The van der Waals surface area contributed by atoms with Crippen LogP contribution in [0.3, 0.4) is 0 Å². The molecular formula is C16H10N4O2. The standard InChI is InChI=1S/C16H10N4O2/c17-9-11-4-6-12(7-5-11)14-10-22-16(19-14)20-15(21)13-3-1-2-8-18-13/h1-8,10H,(H,19,20,21). The molecule has 6 nitrogen and oxygen atoms in total. The van der Waals surface area contributed by atoms with Crippen LogP contribution >= 0.6 is 0 Å². The number of benzene rings is 1. The van der Waals surface area contributed by atoms with E-state index in [2.05, 4.69) is 15.3 Å². The van der Waals surface area contributed by atoms with E-state index < -0.39 is 5.91 Å². The van der Waals surface area contributed by atoms with Crippen molar-refractivity contribution in [3.63, 3.8) is 0 Å². The molecule has 22 heavy (non-hydrogen) atoms. The average molecular weight is 290 g/mol. The Labute approximate surface area is 126 Å². The molecule has 0 atom stereocenters. The molecule has 1 N–H and O–H groups in total. The normalized spacial score (nSPS) is 9.95. The van der Waals surface area contributed by atoms with Crippen LogP contribution in [0.1, 0.15) is 16.1 Å². The highest BCUT2D eigenvalue weighted by atomic mass is 16.4. The molecule has 0 unspecified atom stereocenters. The number of nitriles is 1. The van der Waals surface area contributed by atoms with Crippen molar-refractivity contribution in [3.8, 4) is 17.3 Å². The fraction of sp³-hybridized carbons (Fsp3) is 0. The third kappa shape index (κ3) is 2.83. The maximum absolute atomic E-state index is 11.9. The molecule has 106 valence electrons. The lowest BCUT2D eigenvalue weighted by Crippen LogP contribution is -2.13. The van der Waals surface area contributed by atoms with E-state index >= 15 is 0 Å². The summed E-state index contributed by atoms with van der Waals surface area (Å²) in [6.07, 6.45) is 2.97. The molecule has 2 heterocycles. The predicted octanol–water partition coefficient (Wildman–Crippen LogP) is 2.86. The van der Waals surface area contributed by atoms with Gasteiger partial charge in [0.05, 0.1) is 11.6 Å². The van der Waals surface area contributed by atoms with Gasteiger partial charge in [0.15, 0.2) is 0 Å². The molecule has 0 bridgehead atoms. The number of carbonyl (C=O) groups is 1. The number of rotatable bonds is 3. The Kier molecular flexibility index (Phi) is 3.62. The lowest BCUT2D eigenvalue weighted by atomic mass is 10.1. The molecule has 0 aliphatic carbocycles. The summed E-state index contributed by atoms with van der Waals surface area (Å²) in [6.45, 7) is 0. The summed E-state index contributed by atoms with van der Waals surface area (Å²) in [4.78, 5) is 20.1. The molecule has 0 spiro atoms. The molecule has 3 rings (SSSR count). The van der Waals surface area contributed by atoms with E-state index in [1.807, 2.05) is 6.07 Å². The lowest BCUT2D eigenvalue weighted by Gasteiger charge is -1.99. The van der Waals surface area contributed by atoms with Crippen molar-refractivity contribution < 1.29 is 9.21 Å². The maximum atomic E-state index is 11.9. The molecule has 0 aliphatic rings. The number of nitrogens with one attached hydrogen (secondary N) is 1. The van der Waals surface area contributed by atoms with E-state index in [-0.39, 0.29) is 11.7 Å². The second-order valence-corrected chi connectivity index (χ2v) is 4.40. The zero-order valence-electron chi connectivity index (χ0n) is 11.4. The number of amides is 1. The summed E-state index contributed by atoms with van der Waals surface area (Å²) in [5.41, 5.74) is 2.21. The van der Waals surface area contributed by atoms with Gasteiger partial charge in [0, 0.05) is 11.8 Å². The Morgan fingerprint density at radius 2 is 2.00 bits per heavy atom. The lowest BCUT2D eigenvalue weighted by molar-refractivity contribution is 0.101. The summed E-state index contributed by atoms with van der Waals surface area (Å²) >= 11 is 0. The first kappa shape index (κ1) is 13.5. The predicted molar refractivity (Wildman–Crippen MR) is 78.8 cm³/mol. The Hall–Kier alpha value is -3.46. The zero-order chi connectivity index (χ0) is 15.4. The van der Waals surface area contributed by atoms with Crippen LogP contribution in [0.4, 0.5) is 6.01 Å². The van der Waals surface area contributed by atoms with Crippen molar-refractivity contribution in [1.82, 2.24) is 9.97 Å². The van der Waals surface area contributed by atoms with Crippen molar-refractivity contribution in [2.45, 2.75) is 0 Å². The summed E-state index contributed by atoms with van der Waals surface area (Å²) in [5, 5.41) is 11.3. The van der Waals surface area contributed by atoms with Gasteiger partial charge in [-0.05, 0) is 24.3 Å². The Balaban J connectivity index is 1.76. The number of anilines is 1. The van der Waals surface area contributed by atoms with Crippen LogP contribution in [-0.2, 0) is 0 Å². The summed E-state index contributed by atoms with van der Waals surface area (Å²) < 4.78 is 5.23. The number of aromatic nitrogens is 2. The van der Waals surface area contributed by atoms with Crippen LogP contribution in [0, 0.1) is 11.3 Å². The minimum Gasteiger partial charge on any atom is -0.431 e. The second-order valence-electron chi connectivity index (χ2n) is 4.40. The third-order valence-corrected chi connectivity index (χ3v) is 2.93. The van der Waals surface area contributed by atoms with Gasteiger partial charge in [-0.3, -0.25) is 15.1 Å². The number of hydrogen-bond donors (Lipinski definition) is 1. The van der Waals surface area contributed by atoms with Crippen molar-refractivity contribution >= 4 is 11.9 Å². The van der Waals surface area contributed by atoms with Crippen LogP contribution in [0.15, 0.2) is 59.3 Å². The smallest absolute Gasteiger partial charge is 0.302 e. The molecule has 0 radical (unpaired) electrons. The van der Waals surface area contributed by atoms with Crippen LogP contribution < -0.4 is 5.32 Å². The first-order valence-electron chi connectivity index (χ1n) is 6.45. The molecule has 6 heteroatoms. The zero-order valence-corrected chi connectivity index (χ0v) is 11.4. The fourth-order valence-corrected chi connectivity index (χ4v) is 1.84. The van der Waals surface area contributed by atoms with Gasteiger partial charge in [0.1, 0.15) is 17.7 Å². The van der Waals surface area contributed by atoms with Crippen LogP contribution in [-0.4, -0.2) is 15.9 Å². The highest BCUT2D eigenvalue weighted by molar-refractivity contribution is 6.01. The quantitative estimate of drug-likeness (QED) is 0.800. The maximum Gasteiger partial charge on any atom is 0.302 e. The van der Waals surface area contributed by atoms with Crippen molar-refractivity contribution in [2.75, 3.05) is 5.32 Å². The minimum absolute atomic E-state index is 0.0926. The van der Waals surface area contributed by atoms with Gasteiger partial charge in [0.2, 0.25) is 0 Å². The van der Waals surface area contributed by atoms with E-state index in [1.165, 1.54) is 12.5 Å². The molecular weight excluding hydrogens is 280 g/mol. The molecule has 0 fully saturated rings. The van der Waals surface area contributed by atoms with E-state index in [0.717, 1.165) is 5.56 Å². The van der Waals surface area contributed by atoms with E-state index in [9.17, 15) is 4.79 Å². The van der Waals surface area contributed by atoms with Gasteiger partial charge in [0.25, 0.3) is 5.91 Å². The Bertz CT molecular complexity index is 833. The van der Waals surface area contributed by atoms with Crippen LogP contribution in [0.25, 0.3) is 11.3 Å². The van der Waals surface area contributed by atoms with Gasteiger partial charge in [-0.1, -0.05) is 18.2 Å². The number of pyridine rings is 1. The van der Waals surface area contributed by atoms with Crippen molar-refractivity contribution in [2.24, 2.45) is 0 Å². The SMILES string of the molecule is N#Cc1ccc(-c2coc(NC(=O)c3ccccn3)n2)cc1. The molecule has 2 aromatic heterocycles. The Morgan fingerprint density at radius 1 is 1.18 bits per heavy atom. The van der Waals surface area contributed by atoms with E-state index in [0.29, 0.717) is 11.3 Å². The first-order valence-corrected chi connectivity index (χ1v) is 6.45. The summed E-state index contributed by atoms with van der Waals surface area (Å²) in [5.74, 6) is -0.395. The van der Waals surface area contributed by atoms with Crippen molar-refractivity contribution in [1.29, 1.82) is 5.26 Å². The summed E-state index contributed by atoms with van der Waals surface area (Å²) in [7, 11) is 0. The minimum atomic E-state index is -0.395. The Morgan fingerprint density at radius 3 is 2.68 bits per heavy atom. The molecule has 1 aromatic carbocycles. The molecule has 0 saturated heterocycles. The van der Waals surface area contributed by atoms with Gasteiger partial charge in [-0.15, -0.1) is 0 Å². The first-order chi connectivity index (χ1) is 10.8. The average Bonchev–Trinajstić information content (AvgIpc) is 3.04. The summed E-state index contributed by atoms with van der Waals surface area (Å²) in [6, 6.07) is 14.1. The molecule has 1 amide bonds. The van der Waals surface area contributed by atoms with Crippen molar-refractivity contribution in [3.05, 3.63) is 66.2 Å². The largest absolute Gasteiger partial charge is 0.431 e. The van der Waals surface area contributed by atoms with E-state index in [1.54, 1.807) is 42.5 Å². The number of nitrogens with zero attached hydrogens (tertiary/aromatic N) is 3. The molecule has 0 aliphatic heterocycles. The highest BCUT2D eigenvalue weighted by Crippen LogP contribution is 2.21. The van der Waals surface area contributed by atoms with E-state index in [4.69, 9.17) is 9.68 Å². The van der Waals surface area contributed by atoms with Gasteiger partial charge in [-0.25, -0.2) is 0 Å². The second kappa shape index (κ2) is 5.89. The molecule has 0 saturated carbocycles. The highest BCUT2D eigenvalue weighted by Gasteiger charge is 2.12. The molecule has 3 aromatic rings. The topological polar surface area (TPSA) is 91.8 Å². The van der Waals surface area contributed by atoms with Crippen LogP contribution in [0.2, 0.25) is 0 Å². The van der Waals surface area contributed by atoms with Gasteiger partial charge >= 0.3 is 6.01 Å². The van der Waals surface area contributed by atoms with Gasteiger partial charge < -0.3 is 4.42 Å². The fourth-order valence-electron chi connectivity index (χ4n) is 1.84.